The van der Waals surface area contributed by atoms with E-state index in [2.05, 4.69) is 66.5 Å². The largest absolute Gasteiger partial charge is 0.456 e. The van der Waals surface area contributed by atoms with Gasteiger partial charge in [0.25, 0.3) is 11.7 Å². The van der Waals surface area contributed by atoms with E-state index >= 15 is 0 Å². The Morgan fingerprint density at radius 1 is 0.939 bits per heavy atom. The molecule has 3 fully saturated rings. The first-order valence-electron chi connectivity index (χ1n) is 24.7. The number of hydrogen-bond acceptors (Lipinski definition) is 11. The molecule has 2 saturated heterocycles. The number of allylic oxidation sites excluding steroid dienone is 3. The van der Waals surface area contributed by atoms with E-state index in [0.29, 0.717) is 51.4 Å². The van der Waals surface area contributed by atoms with E-state index in [1.165, 1.54) is 21.4 Å². The number of benzene rings is 1. The van der Waals surface area contributed by atoms with E-state index in [1.807, 2.05) is 27.7 Å². The van der Waals surface area contributed by atoms with Crippen LogP contribution in [-0.2, 0) is 56.5 Å². The molecule has 366 valence electrons. The van der Waals surface area contributed by atoms with E-state index in [9.17, 15) is 24.3 Å². The molecule has 6 rings (SSSR count). The Bertz CT molecular complexity index is 2060. The molecule has 2 bridgehead atoms. The number of ketones is 2. The molecule has 1 aromatic carbocycles. The average Bonchev–Trinajstić information content (AvgIpc) is 3.69. The monoisotopic (exact) mass is 918 g/mol. The van der Waals surface area contributed by atoms with Crippen LogP contribution >= 0.6 is 0 Å². The predicted molar refractivity (Wildman–Crippen MR) is 254 cm³/mol. The van der Waals surface area contributed by atoms with Crippen LogP contribution in [0.1, 0.15) is 124 Å². The molecule has 3 aliphatic heterocycles. The molecule has 13 unspecified atom stereocenters. The normalized spacial score (nSPS) is 36.0. The molecular formula is C53H79N3O10. The Balaban J connectivity index is 1.26. The summed E-state index contributed by atoms with van der Waals surface area (Å²) in [7, 11) is 6.94. The van der Waals surface area contributed by atoms with E-state index in [0.717, 1.165) is 37.0 Å². The van der Waals surface area contributed by atoms with E-state index in [1.54, 1.807) is 28.3 Å². The summed E-state index contributed by atoms with van der Waals surface area (Å²) in [5, 5.41) is 17.1. The van der Waals surface area contributed by atoms with Crippen molar-refractivity contribution in [3.05, 3.63) is 59.3 Å². The SMILES string of the molecule is CCC1/C=C(\C)CC(C)CC(OC)C2OC(O)(C(=O)C(=O)N3CCCCC3C(=O)OC(C(C)=CC3CCC(NCc4ccc5c(ccn5C)c4)C(OC)C3)C(C)CCC1=O)C(C)CC2OC. The molecule has 1 aliphatic carbocycles. The number of ether oxygens (including phenoxy) is 5. The van der Waals surface area contributed by atoms with Crippen LogP contribution in [0.2, 0.25) is 0 Å². The number of aryl methyl sites for hydroxylation is 1. The zero-order valence-corrected chi connectivity index (χ0v) is 41.4. The van der Waals surface area contributed by atoms with Crippen LogP contribution in [0, 0.1) is 29.6 Å². The number of aromatic nitrogens is 1. The summed E-state index contributed by atoms with van der Waals surface area (Å²) in [6, 6.07) is 7.84. The molecule has 4 aliphatic rings. The highest BCUT2D eigenvalue weighted by Gasteiger charge is 2.56. The molecule has 1 saturated carbocycles. The van der Waals surface area contributed by atoms with Crippen LogP contribution < -0.4 is 5.32 Å². The summed E-state index contributed by atoms with van der Waals surface area (Å²) >= 11 is 0. The topological polar surface area (TPSA) is 155 Å². The van der Waals surface area contributed by atoms with Gasteiger partial charge in [-0.15, -0.1) is 0 Å². The summed E-state index contributed by atoms with van der Waals surface area (Å²) in [4.78, 5) is 58.5. The number of carbonyl (C=O) groups excluding carboxylic acids is 4. The van der Waals surface area contributed by atoms with E-state index < -0.39 is 59.8 Å². The fourth-order valence-corrected chi connectivity index (χ4v) is 11.3. The van der Waals surface area contributed by atoms with Crippen molar-refractivity contribution in [2.24, 2.45) is 36.6 Å². The van der Waals surface area contributed by atoms with Gasteiger partial charge in [0.1, 0.15) is 24.0 Å². The van der Waals surface area contributed by atoms with Gasteiger partial charge in [0.2, 0.25) is 5.79 Å². The van der Waals surface area contributed by atoms with Gasteiger partial charge in [-0.25, -0.2) is 4.79 Å². The zero-order chi connectivity index (χ0) is 47.9. The van der Waals surface area contributed by atoms with Crippen molar-refractivity contribution in [2.75, 3.05) is 27.9 Å². The van der Waals surface area contributed by atoms with Crippen molar-refractivity contribution >= 4 is 34.3 Å². The molecule has 2 aromatic rings. The summed E-state index contributed by atoms with van der Waals surface area (Å²) in [6.45, 7) is 12.8. The highest BCUT2D eigenvalue weighted by Crippen LogP contribution is 2.39. The van der Waals surface area contributed by atoms with Crippen LogP contribution in [0.15, 0.2) is 53.8 Å². The number of esters is 1. The van der Waals surface area contributed by atoms with Gasteiger partial charge in [-0.2, -0.15) is 0 Å². The third-order valence-electron chi connectivity index (χ3n) is 15.3. The second kappa shape index (κ2) is 23.1. The molecule has 13 atom stereocenters. The minimum Gasteiger partial charge on any atom is -0.456 e. The first kappa shape index (κ1) is 51.7. The lowest BCUT2D eigenvalue weighted by Gasteiger charge is -2.47. The highest BCUT2D eigenvalue weighted by molar-refractivity contribution is 6.39. The lowest BCUT2D eigenvalue weighted by molar-refractivity contribution is -0.302. The number of cyclic esters (lactones) is 1. The number of nitrogens with one attached hydrogen (secondary N) is 1. The molecule has 0 radical (unpaired) electrons. The third kappa shape index (κ3) is 11.9. The van der Waals surface area contributed by atoms with Gasteiger partial charge in [-0.1, -0.05) is 51.5 Å². The predicted octanol–water partition coefficient (Wildman–Crippen LogP) is 7.79. The molecule has 2 N–H and O–H groups in total. The Hall–Kier alpha value is -3.72. The minimum absolute atomic E-state index is 0.0273. The number of fused-ring (bicyclic) bond motifs is 4. The van der Waals surface area contributed by atoms with Gasteiger partial charge in [-0.3, -0.25) is 14.4 Å². The molecule has 66 heavy (non-hydrogen) atoms. The van der Waals surface area contributed by atoms with Gasteiger partial charge in [0, 0.05) is 77.5 Å². The van der Waals surface area contributed by atoms with Crippen molar-refractivity contribution in [3.8, 4) is 0 Å². The Labute approximate surface area is 393 Å². The summed E-state index contributed by atoms with van der Waals surface area (Å²) in [6.07, 6.45) is 10.8. The number of methoxy groups -OCH3 is 3. The number of hydrogen-bond donors (Lipinski definition) is 2. The van der Waals surface area contributed by atoms with Crippen molar-refractivity contribution in [3.63, 3.8) is 0 Å². The Morgan fingerprint density at radius 2 is 1.67 bits per heavy atom. The zero-order valence-electron chi connectivity index (χ0n) is 41.4. The lowest BCUT2D eigenvalue weighted by atomic mass is 9.81. The number of Topliss-reactive ketones (excluding diaryl/α,β-unsaturated/α-hetero) is 2. The molecular weight excluding hydrogens is 839 g/mol. The molecule has 13 nitrogen and oxygen atoms in total. The number of nitrogens with zero attached hydrogens (tertiary/aromatic N) is 2. The van der Waals surface area contributed by atoms with Crippen molar-refractivity contribution in [1.82, 2.24) is 14.8 Å². The summed E-state index contributed by atoms with van der Waals surface area (Å²) < 4.78 is 32.9. The molecule has 1 aromatic heterocycles. The number of aliphatic hydroxyl groups is 1. The second-order valence-corrected chi connectivity index (χ2v) is 20.3. The summed E-state index contributed by atoms with van der Waals surface area (Å²) in [5.74, 6) is -6.02. The molecule has 1 amide bonds. The fourth-order valence-electron chi connectivity index (χ4n) is 11.3. The minimum atomic E-state index is -2.46. The van der Waals surface area contributed by atoms with Crippen molar-refractivity contribution < 1.29 is 48.0 Å². The maximum atomic E-state index is 14.5. The Morgan fingerprint density at radius 3 is 2.38 bits per heavy atom. The average molecular weight is 918 g/mol. The first-order valence-corrected chi connectivity index (χ1v) is 24.7. The van der Waals surface area contributed by atoms with Crippen molar-refractivity contribution in [2.45, 2.75) is 174 Å². The smallest absolute Gasteiger partial charge is 0.329 e. The van der Waals surface area contributed by atoms with Gasteiger partial charge < -0.3 is 43.6 Å². The number of amides is 1. The molecule has 4 heterocycles. The van der Waals surface area contributed by atoms with Crippen LogP contribution in [0.25, 0.3) is 10.9 Å². The maximum Gasteiger partial charge on any atom is 0.329 e. The van der Waals surface area contributed by atoms with Crippen LogP contribution in [0.5, 0.6) is 0 Å². The van der Waals surface area contributed by atoms with Gasteiger partial charge in [0.05, 0.1) is 18.3 Å². The lowest BCUT2D eigenvalue weighted by Crippen LogP contribution is -2.64. The summed E-state index contributed by atoms with van der Waals surface area (Å²) in [5.41, 5.74) is 4.40. The standard InChI is InChI=1S/C53H79N3O10/c1-11-39-25-32(2)24-33(3)26-46(63-9)49-47(64-10)28-36(6)53(61,66-49)50(58)51(59)56-22-13-12-14-43(56)52(60)65-48(34(4)15-20-44(39)57)35(5)27-37-16-18-41(45(30-37)62-8)54-31-38-17-19-42-40(29-38)21-23-55(42)7/h17,19,21,23,25,27,29,33-34,36-37,39,41,43,45-49,54,61H,11-16,18,20,22,24,26,28,30-31H2,1-10H3/b32-25+,35-27?. The van der Waals surface area contributed by atoms with E-state index in [-0.39, 0.29) is 54.6 Å². The number of rotatable bonds is 9. The maximum absolute atomic E-state index is 14.5. The van der Waals surface area contributed by atoms with Gasteiger partial charge in [-0.05, 0) is 137 Å². The fraction of sp³-hybridized carbons (Fsp3) is 0.698. The first-order chi connectivity index (χ1) is 31.5. The molecule has 13 heteroatoms. The van der Waals surface area contributed by atoms with Crippen LogP contribution in [0.3, 0.4) is 0 Å². The highest BCUT2D eigenvalue weighted by atomic mass is 16.7. The van der Waals surface area contributed by atoms with Crippen molar-refractivity contribution in [1.29, 1.82) is 0 Å². The molecule has 0 spiro atoms. The van der Waals surface area contributed by atoms with Crippen LogP contribution in [-0.4, -0.2) is 114 Å². The van der Waals surface area contributed by atoms with E-state index in [4.69, 9.17) is 23.7 Å². The van der Waals surface area contributed by atoms with Crippen LogP contribution in [0.4, 0.5) is 0 Å². The number of piperidine rings is 1. The Kier molecular flexibility index (Phi) is 18.0. The van der Waals surface area contributed by atoms with Gasteiger partial charge >= 0.3 is 5.97 Å². The quantitative estimate of drug-likeness (QED) is 0.144. The third-order valence-corrected chi connectivity index (χ3v) is 15.3. The second-order valence-electron chi connectivity index (χ2n) is 20.3. The number of carbonyl (C=O) groups is 4. The van der Waals surface area contributed by atoms with Gasteiger partial charge in [0.15, 0.2) is 0 Å².